The zero-order valence-electron chi connectivity index (χ0n) is 4.91. The molecule has 9 heavy (non-hydrogen) atoms. The normalized spacial score (nSPS) is 7.56. The van der Waals surface area contributed by atoms with Crippen LogP contribution in [0.4, 0.5) is 0 Å². The van der Waals surface area contributed by atoms with Crippen molar-refractivity contribution < 1.29 is 32.7 Å². The van der Waals surface area contributed by atoms with Gasteiger partial charge in [-0.15, -0.1) is 0 Å². The van der Waals surface area contributed by atoms with E-state index in [9.17, 15) is 0 Å². The summed E-state index contributed by atoms with van der Waals surface area (Å²) in [5, 5.41) is 0. The van der Waals surface area contributed by atoms with E-state index in [4.69, 9.17) is 6.58 Å². The Balaban J connectivity index is 0.000000640. The Hall–Kier alpha value is -0.00610. The van der Waals surface area contributed by atoms with Crippen LogP contribution in [0.2, 0.25) is 0 Å². The molecule has 43 valence electrons. The number of hydrogen-bond acceptors (Lipinski definition) is 1. The van der Waals surface area contributed by atoms with Gasteiger partial charge in [-0.1, -0.05) is 6.20 Å². The molecule has 1 radical (unpaired) electrons. The molecular weight excluding hydrogens is 187 g/mol. The molecule has 0 amide bonds. The summed E-state index contributed by atoms with van der Waals surface area (Å²) in [6, 6.07) is 4.62. The van der Waals surface area contributed by atoms with E-state index in [-0.39, 0.29) is 32.7 Å². The number of nitrogens with zero attached hydrogens (tertiary/aromatic N) is 1. The minimum absolute atomic E-state index is 0. The van der Waals surface area contributed by atoms with Crippen LogP contribution < -0.4 is 0 Å². The van der Waals surface area contributed by atoms with Gasteiger partial charge in [0.05, 0.1) is 0 Å². The fourth-order valence-corrected chi connectivity index (χ4v) is 0.430. The van der Waals surface area contributed by atoms with Gasteiger partial charge in [0.25, 0.3) is 0 Å². The van der Waals surface area contributed by atoms with E-state index < -0.39 is 0 Å². The van der Waals surface area contributed by atoms with Gasteiger partial charge in [-0.05, 0) is 6.20 Å². The molecule has 1 aromatic heterocycles. The molecule has 1 rings (SSSR count). The minimum atomic E-state index is 0. The SMILES string of the molecule is [CH-]=Cc1[c-]cncc1.[Y]. The average Bonchev–Trinajstić information content (AvgIpc) is 1.90. The van der Waals surface area contributed by atoms with Crippen LogP contribution in [0.15, 0.2) is 18.5 Å². The summed E-state index contributed by atoms with van der Waals surface area (Å²) in [5.74, 6) is 0. The van der Waals surface area contributed by atoms with Crippen molar-refractivity contribution in [3.63, 3.8) is 0 Å². The minimum Gasteiger partial charge on any atom is -0.361 e. The van der Waals surface area contributed by atoms with Crippen LogP contribution >= 0.6 is 0 Å². The van der Waals surface area contributed by atoms with Gasteiger partial charge in [0, 0.05) is 32.7 Å². The smallest absolute Gasteiger partial charge is 0 e. The van der Waals surface area contributed by atoms with Crippen molar-refractivity contribution in [2.24, 2.45) is 0 Å². The molecule has 0 aliphatic rings. The molecule has 0 aliphatic heterocycles. The molecule has 1 aromatic rings. The molecule has 1 nitrogen and oxygen atoms in total. The predicted octanol–water partition coefficient (Wildman–Crippen LogP) is 1.33. The van der Waals surface area contributed by atoms with Gasteiger partial charge in [0.1, 0.15) is 0 Å². The fraction of sp³-hybridized carbons (Fsp3) is 0. The van der Waals surface area contributed by atoms with Gasteiger partial charge in [-0.25, -0.2) is 6.07 Å². The van der Waals surface area contributed by atoms with Crippen LogP contribution in [0, 0.1) is 12.6 Å². The monoisotopic (exact) mass is 192 g/mol. The molecule has 0 atom stereocenters. The van der Waals surface area contributed by atoms with Crippen LogP contribution in [-0.4, -0.2) is 4.98 Å². The standard InChI is InChI=1S/C7H5N.Y/c1-2-7-3-5-8-6-4-7;/h1-3,5-6H;/q-2;. The van der Waals surface area contributed by atoms with Crippen LogP contribution in [-0.2, 0) is 32.7 Å². The molecule has 1 heterocycles. The van der Waals surface area contributed by atoms with Crippen molar-refractivity contribution in [1.82, 2.24) is 4.98 Å². The maximum absolute atomic E-state index is 5.17. The quantitative estimate of drug-likeness (QED) is 0.611. The summed E-state index contributed by atoms with van der Waals surface area (Å²) in [4.78, 5) is 3.76. The van der Waals surface area contributed by atoms with E-state index in [2.05, 4.69) is 11.1 Å². The fourth-order valence-electron chi connectivity index (χ4n) is 0.430. The second kappa shape index (κ2) is 4.83. The third-order valence-corrected chi connectivity index (χ3v) is 0.825. The first-order valence-electron chi connectivity index (χ1n) is 2.30. The van der Waals surface area contributed by atoms with E-state index in [1.807, 2.05) is 0 Å². The maximum atomic E-state index is 5.17. The van der Waals surface area contributed by atoms with Crippen LogP contribution in [0.5, 0.6) is 0 Å². The third-order valence-electron chi connectivity index (χ3n) is 0.825. The van der Waals surface area contributed by atoms with Crippen LogP contribution in [0.3, 0.4) is 0 Å². The van der Waals surface area contributed by atoms with Crippen molar-refractivity contribution >= 4 is 6.08 Å². The van der Waals surface area contributed by atoms with E-state index in [0.29, 0.717) is 0 Å². The first-order valence-corrected chi connectivity index (χ1v) is 2.30. The maximum Gasteiger partial charge on any atom is 0 e. The number of aromatic nitrogens is 1. The number of hydrogen-bond donors (Lipinski definition) is 0. The summed E-state index contributed by atoms with van der Waals surface area (Å²) in [7, 11) is 0. The Morgan fingerprint density at radius 2 is 2.44 bits per heavy atom. The Morgan fingerprint density at radius 3 is 2.78 bits per heavy atom. The first-order chi connectivity index (χ1) is 3.93. The first kappa shape index (κ1) is 8.99. The zero-order chi connectivity index (χ0) is 5.82. The van der Waals surface area contributed by atoms with Gasteiger partial charge in [-0.2, -0.15) is 0 Å². The summed E-state index contributed by atoms with van der Waals surface area (Å²) in [5.41, 5.74) is 0.875. The molecule has 0 aromatic carbocycles. The Kier molecular flexibility index (Phi) is 4.83. The zero-order valence-corrected chi connectivity index (χ0v) is 7.75. The van der Waals surface area contributed by atoms with Gasteiger partial charge in [-0.3, -0.25) is 11.1 Å². The van der Waals surface area contributed by atoms with Crippen molar-refractivity contribution in [3.8, 4) is 0 Å². The number of rotatable bonds is 1. The van der Waals surface area contributed by atoms with Gasteiger partial charge < -0.3 is 18.2 Å². The Morgan fingerprint density at radius 1 is 1.67 bits per heavy atom. The second-order valence-corrected chi connectivity index (χ2v) is 1.36. The molecule has 0 aliphatic carbocycles. The van der Waals surface area contributed by atoms with Crippen molar-refractivity contribution in [2.45, 2.75) is 0 Å². The topological polar surface area (TPSA) is 12.9 Å². The van der Waals surface area contributed by atoms with Crippen LogP contribution in [0.1, 0.15) is 5.56 Å². The van der Waals surface area contributed by atoms with E-state index in [0.717, 1.165) is 5.56 Å². The summed E-state index contributed by atoms with van der Waals surface area (Å²) < 4.78 is 0. The van der Waals surface area contributed by atoms with E-state index in [1.54, 1.807) is 18.5 Å². The van der Waals surface area contributed by atoms with Gasteiger partial charge in [0.15, 0.2) is 0 Å². The molecule has 2 heteroatoms. The predicted molar refractivity (Wildman–Crippen MR) is 31.8 cm³/mol. The van der Waals surface area contributed by atoms with Crippen molar-refractivity contribution in [2.75, 3.05) is 0 Å². The van der Waals surface area contributed by atoms with Crippen molar-refractivity contribution in [3.05, 3.63) is 36.7 Å². The molecule has 0 unspecified atom stereocenters. The summed E-state index contributed by atoms with van der Waals surface area (Å²) in [6.07, 6.45) is 4.75. The number of pyridine rings is 1. The molecule has 0 fully saturated rings. The van der Waals surface area contributed by atoms with Gasteiger partial charge in [0.2, 0.25) is 0 Å². The molecular formula is C7H5NY-2. The van der Waals surface area contributed by atoms with Gasteiger partial charge >= 0.3 is 0 Å². The second-order valence-electron chi connectivity index (χ2n) is 1.36. The Labute approximate surface area is 80.1 Å². The Bertz CT molecular complexity index is 172. The average molecular weight is 192 g/mol. The van der Waals surface area contributed by atoms with Crippen molar-refractivity contribution in [1.29, 1.82) is 0 Å². The van der Waals surface area contributed by atoms with Crippen LogP contribution in [0.25, 0.3) is 6.08 Å². The van der Waals surface area contributed by atoms with E-state index in [1.165, 1.54) is 6.08 Å². The summed E-state index contributed by atoms with van der Waals surface area (Å²) >= 11 is 0. The summed E-state index contributed by atoms with van der Waals surface area (Å²) in [6.45, 7) is 5.17. The third kappa shape index (κ3) is 2.88. The molecule has 0 N–H and O–H groups in total. The van der Waals surface area contributed by atoms with E-state index >= 15 is 0 Å². The molecule has 0 saturated carbocycles. The molecule has 0 bridgehead atoms. The molecule has 0 saturated heterocycles. The molecule has 0 spiro atoms. The largest absolute Gasteiger partial charge is 0.361 e.